The minimum absolute atomic E-state index is 0.00630. The molecule has 0 radical (unpaired) electrons. The van der Waals surface area contributed by atoms with Gasteiger partial charge < -0.3 is 24.8 Å². The van der Waals surface area contributed by atoms with Gasteiger partial charge in [0.15, 0.2) is 5.69 Å². The van der Waals surface area contributed by atoms with Crippen LogP contribution in [0.3, 0.4) is 0 Å². The Labute approximate surface area is 303 Å². The van der Waals surface area contributed by atoms with Crippen molar-refractivity contribution in [3.05, 3.63) is 82.7 Å². The number of hydrogen-bond acceptors (Lipinski definition) is 12. The summed E-state index contributed by atoms with van der Waals surface area (Å²) in [5.41, 5.74) is 1.96. The minimum Gasteiger partial charge on any atom is -0.497 e. The fourth-order valence-corrected chi connectivity index (χ4v) is 6.08. The van der Waals surface area contributed by atoms with Gasteiger partial charge in [-0.2, -0.15) is 0 Å². The number of esters is 1. The summed E-state index contributed by atoms with van der Waals surface area (Å²) in [6.45, 7) is 7.19. The highest BCUT2D eigenvalue weighted by atomic mass is 16.5. The smallest absolute Gasteiger partial charge is 0.330 e. The van der Waals surface area contributed by atoms with Crippen LogP contribution in [0.5, 0.6) is 17.2 Å². The van der Waals surface area contributed by atoms with Crippen molar-refractivity contribution in [1.29, 1.82) is 0 Å². The first-order valence-corrected chi connectivity index (χ1v) is 16.6. The molecule has 1 aromatic heterocycles. The molecule has 3 heterocycles. The molecule has 0 aliphatic carbocycles. The van der Waals surface area contributed by atoms with Crippen molar-refractivity contribution in [1.82, 2.24) is 25.2 Å². The summed E-state index contributed by atoms with van der Waals surface area (Å²) in [5.74, 6) is -2.66. The molecular weight excluding hydrogens is 686 g/mol. The number of carbonyl (C=O) groups is 6. The van der Waals surface area contributed by atoms with Crippen molar-refractivity contribution in [2.75, 3.05) is 31.4 Å². The number of imide groups is 2. The van der Waals surface area contributed by atoms with Gasteiger partial charge in [0.25, 0.3) is 17.7 Å². The quantitative estimate of drug-likeness (QED) is 0.122. The predicted octanol–water partition coefficient (Wildman–Crippen LogP) is 3.56. The Morgan fingerprint density at radius 2 is 1.74 bits per heavy atom. The maximum atomic E-state index is 13.5. The number of fused-ring (bicyclic) bond motifs is 1. The summed E-state index contributed by atoms with van der Waals surface area (Å²) < 4.78 is 18.0. The summed E-state index contributed by atoms with van der Waals surface area (Å²) in [6.07, 6.45) is 0.00331. The van der Waals surface area contributed by atoms with Gasteiger partial charge in [0.05, 0.1) is 31.0 Å². The van der Waals surface area contributed by atoms with Crippen LogP contribution >= 0.6 is 0 Å². The van der Waals surface area contributed by atoms with Crippen LogP contribution in [0, 0.1) is 6.92 Å². The van der Waals surface area contributed by atoms with Gasteiger partial charge in [-0.3, -0.25) is 34.2 Å². The molecule has 16 nitrogen and oxygen atoms in total. The molecule has 53 heavy (non-hydrogen) atoms. The molecule has 0 saturated carbocycles. The van der Waals surface area contributed by atoms with Gasteiger partial charge in [0.2, 0.25) is 11.8 Å². The molecule has 0 spiro atoms. The van der Waals surface area contributed by atoms with Gasteiger partial charge in [0, 0.05) is 29.9 Å². The molecular formula is C37H37N7O9. The Kier molecular flexibility index (Phi) is 9.71. The number of benzene rings is 3. The SMILES string of the molecule is COc1ccc(OC)c(-n2nnc(C(=O)Nc3cc(OC(=O)CNc4cccc5c4C(=O)N(C4CCC(=O)NC4=O)C5=O)cc(C(C)(C)C)c3)c2C)c1. The number of hydrogen-bond donors (Lipinski definition) is 3. The molecule has 4 aromatic rings. The van der Waals surface area contributed by atoms with Crippen LogP contribution in [0.1, 0.15) is 76.1 Å². The van der Waals surface area contributed by atoms with Crippen molar-refractivity contribution in [3.8, 4) is 22.9 Å². The van der Waals surface area contributed by atoms with Gasteiger partial charge >= 0.3 is 5.97 Å². The largest absolute Gasteiger partial charge is 0.497 e. The fourth-order valence-electron chi connectivity index (χ4n) is 6.08. The van der Waals surface area contributed by atoms with E-state index in [0.29, 0.717) is 28.6 Å². The lowest BCUT2D eigenvalue weighted by Gasteiger charge is -2.27. The minimum atomic E-state index is -1.13. The van der Waals surface area contributed by atoms with E-state index in [9.17, 15) is 28.8 Å². The van der Waals surface area contributed by atoms with E-state index < -0.39 is 53.5 Å². The average Bonchev–Trinajstić information content (AvgIpc) is 3.62. The predicted molar refractivity (Wildman–Crippen MR) is 190 cm³/mol. The molecule has 274 valence electrons. The molecule has 1 unspecified atom stereocenters. The van der Waals surface area contributed by atoms with Crippen molar-refractivity contribution >= 4 is 46.9 Å². The van der Waals surface area contributed by atoms with Crippen LogP contribution in [-0.4, -0.2) is 82.2 Å². The van der Waals surface area contributed by atoms with Gasteiger partial charge in [-0.1, -0.05) is 32.1 Å². The number of amides is 5. The van der Waals surface area contributed by atoms with Crippen LogP contribution in [0.25, 0.3) is 5.69 Å². The van der Waals surface area contributed by atoms with Crippen LogP contribution in [0.2, 0.25) is 0 Å². The first-order chi connectivity index (χ1) is 25.2. The van der Waals surface area contributed by atoms with E-state index in [-0.39, 0.29) is 41.1 Å². The van der Waals surface area contributed by atoms with Crippen LogP contribution in [0.4, 0.5) is 11.4 Å². The number of piperidine rings is 1. The van der Waals surface area contributed by atoms with Crippen LogP contribution in [0.15, 0.2) is 54.6 Å². The fraction of sp³-hybridized carbons (Fsp3) is 0.297. The Hall–Kier alpha value is -6.58. The topological polar surface area (TPSA) is 200 Å². The third-order valence-corrected chi connectivity index (χ3v) is 8.88. The molecule has 5 amide bonds. The maximum Gasteiger partial charge on any atom is 0.330 e. The van der Waals surface area contributed by atoms with E-state index in [0.717, 1.165) is 10.5 Å². The Balaban J connectivity index is 1.18. The zero-order chi connectivity index (χ0) is 38.2. The third kappa shape index (κ3) is 7.15. The second-order valence-corrected chi connectivity index (χ2v) is 13.4. The highest BCUT2D eigenvalue weighted by Gasteiger charge is 2.45. The molecule has 1 fully saturated rings. The Morgan fingerprint density at radius 1 is 0.962 bits per heavy atom. The average molecular weight is 724 g/mol. The monoisotopic (exact) mass is 723 g/mol. The number of nitrogens with zero attached hydrogens (tertiary/aromatic N) is 4. The molecule has 16 heteroatoms. The number of aromatic nitrogens is 3. The first-order valence-electron chi connectivity index (χ1n) is 16.6. The second kappa shape index (κ2) is 14.2. The van der Waals surface area contributed by atoms with Gasteiger partial charge in [-0.25, -0.2) is 9.48 Å². The van der Waals surface area contributed by atoms with Crippen LogP contribution < -0.4 is 30.2 Å². The zero-order valence-electron chi connectivity index (χ0n) is 29.9. The summed E-state index contributed by atoms with van der Waals surface area (Å²) in [4.78, 5) is 78.2. The summed E-state index contributed by atoms with van der Waals surface area (Å²) in [6, 6.07) is 13.5. The van der Waals surface area contributed by atoms with Gasteiger partial charge in [-0.15, -0.1) is 5.10 Å². The highest BCUT2D eigenvalue weighted by molar-refractivity contribution is 6.25. The normalized spacial score (nSPS) is 15.5. The number of methoxy groups -OCH3 is 2. The number of anilines is 2. The molecule has 3 N–H and O–H groups in total. The molecule has 0 bridgehead atoms. The lowest BCUT2D eigenvalue weighted by Crippen LogP contribution is -2.54. The summed E-state index contributed by atoms with van der Waals surface area (Å²) in [7, 11) is 3.05. The van der Waals surface area contributed by atoms with Crippen molar-refractivity contribution in [2.24, 2.45) is 0 Å². The Morgan fingerprint density at radius 3 is 2.43 bits per heavy atom. The standard InChI is InChI=1S/C37H37N7O9/c1-19-32(41-42-44(19)27-17-22(51-5)10-12-28(27)52-6)34(48)39-21-14-20(37(2,3)4)15-23(16-21)53-30(46)18-38-25-9-7-8-24-31(25)36(50)43(35(24)49)26-11-13-29(45)40-33(26)47/h7-10,12,14-17,26,38H,11,13,18H2,1-6H3,(H,39,48)(H,40,45,47). The number of nitrogens with one attached hydrogen (secondary N) is 3. The summed E-state index contributed by atoms with van der Waals surface area (Å²) in [5, 5.41) is 16.2. The van der Waals surface area contributed by atoms with Gasteiger partial charge in [-0.05, 0) is 60.7 Å². The molecule has 6 rings (SSSR count). The van der Waals surface area contributed by atoms with E-state index in [4.69, 9.17) is 14.2 Å². The third-order valence-electron chi connectivity index (χ3n) is 8.88. The van der Waals surface area contributed by atoms with E-state index in [1.165, 1.54) is 37.1 Å². The molecule has 3 aromatic carbocycles. The van der Waals surface area contributed by atoms with Crippen LogP contribution in [-0.2, 0) is 19.8 Å². The molecule has 2 aliphatic rings. The molecule has 1 saturated heterocycles. The molecule has 2 aliphatic heterocycles. The lowest BCUT2D eigenvalue weighted by atomic mass is 9.86. The van der Waals surface area contributed by atoms with E-state index in [2.05, 4.69) is 26.3 Å². The van der Waals surface area contributed by atoms with Gasteiger partial charge in [0.1, 0.15) is 35.5 Å². The summed E-state index contributed by atoms with van der Waals surface area (Å²) >= 11 is 0. The van der Waals surface area contributed by atoms with Crippen molar-refractivity contribution in [2.45, 2.75) is 52.0 Å². The first kappa shape index (κ1) is 36.2. The number of carbonyl (C=O) groups excluding carboxylic acids is 6. The lowest BCUT2D eigenvalue weighted by molar-refractivity contribution is -0.136. The van der Waals surface area contributed by atoms with E-state index in [1.54, 1.807) is 43.3 Å². The second-order valence-electron chi connectivity index (χ2n) is 13.4. The number of rotatable bonds is 10. The number of ether oxygens (including phenoxy) is 3. The van der Waals surface area contributed by atoms with Crippen molar-refractivity contribution in [3.63, 3.8) is 0 Å². The van der Waals surface area contributed by atoms with Crippen molar-refractivity contribution < 1.29 is 43.0 Å². The maximum absolute atomic E-state index is 13.5. The van der Waals surface area contributed by atoms with E-state index >= 15 is 0 Å². The molecule has 1 atom stereocenters. The Bertz CT molecular complexity index is 2190. The highest BCUT2D eigenvalue weighted by Crippen LogP contribution is 2.34. The zero-order valence-corrected chi connectivity index (χ0v) is 29.9. The van der Waals surface area contributed by atoms with E-state index in [1.807, 2.05) is 20.8 Å².